The molecule has 1 aromatic rings. The number of halogens is 4. The second-order valence-electron chi connectivity index (χ2n) is 3.68. The third-order valence-electron chi connectivity index (χ3n) is 2.30. The highest BCUT2D eigenvalue weighted by atomic mass is 35.5. The first-order valence-corrected chi connectivity index (χ1v) is 5.44. The van der Waals surface area contributed by atoms with Gasteiger partial charge in [0.2, 0.25) is 0 Å². The van der Waals surface area contributed by atoms with Crippen LogP contribution in [-0.4, -0.2) is 27.8 Å². The molecule has 0 amide bonds. The van der Waals surface area contributed by atoms with Crippen LogP contribution in [0.1, 0.15) is 23.8 Å². The summed E-state index contributed by atoms with van der Waals surface area (Å²) in [6.45, 7) is 0.122. The summed E-state index contributed by atoms with van der Waals surface area (Å²) >= 11 is 5.61. The quantitative estimate of drug-likeness (QED) is 0.783. The number of pyridine rings is 1. The number of nitrogens with zero attached hydrogens (tertiary/aromatic N) is 1. The van der Waals surface area contributed by atoms with Crippen LogP contribution in [0.15, 0.2) is 12.3 Å². The van der Waals surface area contributed by atoms with Gasteiger partial charge in [0.1, 0.15) is 6.10 Å². The Morgan fingerprint density at radius 1 is 1.39 bits per heavy atom. The number of aliphatic hydroxyl groups is 2. The van der Waals surface area contributed by atoms with E-state index in [2.05, 4.69) is 4.98 Å². The smallest absolute Gasteiger partial charge is 0.390 e. The van der Waals surface area contributed by atoms with Gasteiger partial charge in [-0.3, -0.25) is 4.98 Å². The van der Waals surface area contributed by atoms with Crippen molar-refractivity contribution in [3.8, 4) is 0 Å². The molecule has 0 spiro atoms. The fourth-order valence-electron chi connectivity index (χ4n) is 1.33. The van der Waals surface area contributed by atoms with Gasteiger partial charge in [-0.2, -0.15) is 13.2 Å². The largest absolute Gasteiger partial charge is 0.417 e. The van der Waals surface area contributed by atoms with Crippen molar-refractivity contribution in [2.24, 2.45) is 5.73 Å². The number of hydrogen-bond donors (Lipinski definition) is 3. The van der Waals surface area contributed by atoms with Crippen LogP contribution < -0.4 is 5.73 Å². The van der Waals surface area contributed by atoms with Crippen molar-refractivity contribution in [2.45, 2.75) is 24.8 Å². The standard InChI is InChI=1S/C10H12ClF3N2O2/c11-6-3-5(10(12,13)14)4-16-8(6)9(18)7(17)1-2-15/h3-4,7,9,17-18H,1-2,15H2. The van der Waals surface area contributed by atoms with Gasteiger partial charge in [0.25, 0.3) is 0 Å². The second kappa shape index (κ2) is 5.83. The highest BCUT2D eigenvalue weighted by Crippen LogP contribution is 2.33. The number of alkyl halides is 3. The molecule has 4 N–H and O–H groups in total. The van der Waals surface area contributed by atoms with Gasteiger partial charge >= 0.3 is 6.18 Å². The lowest BCUT2D eigenvalue weighted by Crippen LogP contribution is -2.23. The summed E-state index contributed by atoms with van der Waals surface area (Å²) in [6.07, 6.45) is -6.62. The van der Waals surface area contributed by atoms with E-state index in [1.54, 1.807) is 0 Å². The van der Waals surface area contributed by atoms with Crippen LogP contribution in [0.2, 0.25) is 5.02 Å². The Bertz CT molecular complexity index is 415. The number of aliphatic hydroxyl groups excluding tert-OH is 2. The van der Waals surface area contributed by atoms with E-state index < -0.39 is 23.9 Å². The SMILES string of the molecule is NCCC(O)C(O)c1ncc(C(F)(F)F)cc1Cl. The molecule has 0 saturated carbocycles. The van der Waals surface area contributed by atoms with Crippen molar-refractivity contribution in [1.29, 1.82) is 0 Å². The van der Waals surface area contributed by atoms with Crippen LogP contribution >= 0.6 is 11.6 Å². The lowest BCUT2D eigenvalue weighted by atomic mass is 10.1. The zero-order valence-corrected chi connectivity index (χ0v) is 9.91. The van der Waals surface area contributed by atoms with Crippen molar-refractivity contribution in [1.82, 2.24) is 4.98 Å². The third kappa shape index (κ3) is 3.55. The van der Waals surface area contributed by atoms with E-state index in [9.17, 15) is 23.4 Å². The zero-order chi connectivity index (χ0) is 13.9. The molecule has 0 aromatic carbocycles. The summed E-state index contributed by atoms with van der Waals surface area (Å²) in [5, 5.41) is 18.8. The van der Waals surface area contributed by atoms with Gasteiger partial charge in [0, 0.05) is 6.20 Å². The molecule has 102 valence electrons. The first-order chi connectivity index (χ1) is 8.27. The Balaban J connectivity index is 2.99. The normalized spacial score (nSPS) is 15.5. The van der Waals surface area contributed by atoms with Gasteiger partial charge in [0.05, 0.1) is 22.4 Å². The van der Waals surface area contributed by atoms with Crippen LogP contribution in [0, 0.1) is 0 Å². The van der Waals surface area contributed by atoms with Gasteiger partial charge in [-0.25, -0.2) is 0 Å². The van der Waals surface area contributed by atoms with Gasteiger partial charge < -0.3 is 15.9 Å². The minimum absolute atomic E-state index is 0.0835. The van der Waals surface area contributed by atoms with Gasteiger partial charge in [0.15, 0.2) is 0 Å². The van der Waals surface area contributed by atoms with Crippen molar-refractivity contribution < 1.29 is 23.4 Å². The Morgan fingerprint density at radius 2 is 2.00 bits per heavy atom. The molecule has 18 heavy (non-hydrogen) atoms. The predicted molar refractivity (Wildman–Crippen MR) is 58.9 cm³/mol. The van der Waals surface area contributed by atoms with E-state index in [1.807, 2.05) is 0 Å². The average Bonchev–Trinajstić information content (AvgIpc) is 2.27. The lowest BCUT2D eigenvalue weighted by Gasteiger charge is -2.18. The first-order valence-electron chi connectivity index (χ1n) is 5.06. The summed E-state index contributed by atoms with van der Waals surface area (Å²) in [5.74, 6) is 0. The molecule has 1 rings (SSSR count). The van der Waals surface area contributed by atoms with Crippen LogP contribution in [0.25, 0.3) is 0 Å². The van der Waals surface area contributed by atoms with Crippen LogP contribution in [-0.2, 0) is 6.18 Å². The Labute approximate surface area is 106 Å². The van der Waals surface area contributed by atoms with Crippen LogP contribution in [0.3, 0.4) is 0 Å². The van der Waals surface area contributed by atoms with Crippen LogP contribution in [0.5, 0.6) is 0 Å². The fourth-order valence-corrected chi connectivity index (χ4v) is 1.61. The molecule has 1 heterocycles. The highest BCUT2D eigenvalue weighted by molar-refractivity contribution is 6.31. The molecular weight excluding hydrogens is 273 g/mol. The van der Waals surface area contributed by atoms with Crippen molar-refractivity contribution in [3.05, 3.63) is 28.5 Å². The predicted octanol–water partition coefficient (Wildman–Crippen LogP) is 1.50. The molecule has 0 aliphatic carbocycles. The van der Waals surface area contributed by atoms with Gasteiger partial charge in [-0.05, 0) is 19.0 Å². The molecule has 0 aliphatic rings. The van der Waals surface area contributed by atoms with E-state index in [0.717, 1.165) is 0 Å². The minimum Gasteiger partial charge on any atom is -0.390 e. The number of aromatic nitrogens is 1. The first kappa shape index (κ1) is 15.2. The van der Waals surface area contributed by atoms with E-state index >= 15 is 0 Å². The molecule has 4 nitrogen and oxygen atoms in total. The van der Waals surface area contributed by atoms with Gasteiger partial charge in [-0.1, -0.05) is 11.6 Å². The molecule has 0 aliphatic heterocycles. The molecule has 2 atom stereocenters. The van der Waals surface area contributed by atoms with E-state index in [0.29, 0.717) is 12.3 Å². The maximum absolute atomic E-state index is 12.4. The Hall–Kier alpha value is -0.890. The topological polar surface area (TPSA) is 79.4 Å². The molecule has 0 fully saturated rings. The monoisotopic (exact) mass is 284 g/mol. The van der Waals surface area contributed by atoms with Crippen molar-refractivity contribution in [2.75, 3.05) is 6.54 Å². The maximum atomic E-state index is 12.4. The second-order valence-corrected chi connectivity index (χ2v) is 4.09. The third-order valence-corrected chi connectivity index (χ3v) is 2.61. The summed E-state index contributed by atoms with van der Waals surface area (Å²) in [7, 11) is 0. The molecule has 8 heteroatoms. The molecule has 2 unspecified atom stereocenters. The highest BCUT2D eigenvalue weighted by Gasteiger charge is 2.32. The molecular formula is C10H12ClF3N2O2. The summed E-state index contributed by atoms with van der Waals surface area (Å²) in [5.41, 5.74) is 3.97. The molecule has 1 aromatic heterocycles. The number of rotatable bonds is 4. The fraction of sp³-hybridized carbons (Fsp3) is 0.500. The Kier molecular flexibility index (Phi) is 4.92. The van der Waals surface area contributed by atoms with Crippen molar-refractivity contribution >= 4 is 11.6 Å². The number of hydrogen-bond acceptors (Lipinski definition) is 4. The summed E-state index contributed by atoms with van der Waals surface area (Å²) < 4.78 is 37.1. The average molecular weight is 285 g/mol. The van der Waals surface area contributed by atoms with Crippen LogP contribution in [0.4, 0.5) is 13.2 Å². The molecule has 0 bridgehead atoms. The lowest BCUT2D eigenvalue weighted by molar-refractivity contribution is -0.137. The minimum atomic E-state index is -4.56. The molecule has 0 saturated heterocycles. The summed E-state index contributed by atoms with van der Waals surface area (Å²) in [6, 6.07) is 0.655. The van der Waals surface area contributed by atoms with E-state index in [-0.39, 0.29) is 23.7 Å². The van der Waals surface area contributed by atoms with E-state index in [4.69, 9.17) is 17.3 Å². The summed E-state index contributed by atoms with van der Waals surface area (Å²) in [4.78, 5) is 3.45. The van der Waals surface area contributed by atoms with Crippen molar-refractivity contribution in [3.63, 3.8) is 0 Å². The Morgan fingerprint density at radius 3 is 2.44 bits per heavy atom. The molecule has 0 radical (unpaired) electrons. The van der Waals surface area contributed by atoms with E-state index in [1.165, 1.54) is 0 Å². The van der Waals surface area contributed by atoms with Gasteiger partial charge in [-0.15, -0.1) is 0 Å². The number of nitrogens with two attached hydrogens (primary N) is 1. The maximum Gasteiger partial charge on any atom is 0.417 e. The zero-order valence-electron chi connectivity index (χ0n) is 9.15.